The van der Waals surface area contributed by atoms with Gasteiger partial charge in [0.05, 0.1) is 19.3 Å². The van der Waals surface area contributed by atoms with E-state index in [4.69, 9.17) is 4.74 Å². The number of amides is 1. The van der Waals surface area contributed by atoms with E-state index in [0.717, 1.165) is 12.0 Å². The fourth-order valence-corrected chi connectivity index (χ4v) is 1.94. The Balaban J connectivity index is 2.38. The van der Waals surface area contributed by atoms with Crippen molar-refractivity contribution in [3.8, 4) is 0 Å². The fourth-order valence-electron chi connectivity index (χ4n) is 1.94. The first-order chi connectivity index (χ1) is 9.52. The van der Waals surface area contributed by atoms with Crippen LogP contribution < -0.4 is 5.32 Å². The van der Waals surface area contributed by atoms with Crippen molar-refractivity contribution in [1.82, 2.24) is 5.32 Å². The molecule has 2 unspecified atom stereocenters. The monoisotopic (exact) mass is 279 g/mol. The standard InChI is InChI=1S/C16H25NO3/c1-12(2)9-15(10-18)17-16(19)13(3)20-11-14-7-5-4-6-8-14/h4-8,12-13,15,18H,9-11H2,1-3H3,(H,17,19). The summed E-state index contributed by atoms with van der Waals surface area (Å²) in [5.74, 6) is 0.244. The minimum atomic E-state index is -0.531. The number of aliphatic hydroxyl groups is 1. The average molecular weight is 279 g/mol. The summed E-state index contributed by atoms with van der Waals surface area (Å²) in [5, 5.41) is 12.1. The number of aliphatic hydroxyl groups excluding tert-OH is 1. The van der Waals surface area contributed by atoms with E-state index in [1.165, 1.54) is 0 Å². The Morgan fingerprint density at radius 3 is 2.45 bits per heavy atom. The molecular weight excluding hydrogens is 254 g/mol. The second-order valence-electron chi connectivity index (χ2n) is 5.46. The number of rotatable bonds is 8. The van der Waals surface area contributed by atoms with Crippen LogP contribution in [-0.2, 0) is 16.1 Å². The summed E-state index contributed by atoms with van der Waals surface area (Å²) in [6.07, 6.45) is 0.226. The van der Waals surface area contributed by atoms with E-state index in [0.29, 0.717) is 12.5 Å². The number of carbonyl (C=O) groups is 1. The van der Waals surface area contributed by atoms with Gasteiger partial charge in [-0.1, -0.05) is 44.2 Å². The van der Waals surface area contributed by atoms with Gasteiger partial charge in [0.1, 0.15) is 6.10 Å². The molecule has 0 bridgehead atoms. The lowest BCUT2D eigenvalue weighted by Gasteiger charge is -2.21. The highest BCUT2D eigenvalue weighted by Gasteiger charge is 2.18. The topological polar surface area (TPSA) is 58.6 Å². The SMILES string of the molecule is CC(C)CC(CO)NC(=O)C(C)OCc1ccccc1. The number of hydrogen-bond acceptors (Lipinski definition) is 3. The number of nitrogens with one attached hydrogen (secondary N) is 1. The van der Waals surface area contributed by atoms with E-state index in [2.05, 4.69) is 19.2 Å². The zero-order chi connectivity index (χ0) is 15.0. The average Bonchev–Trinajstić information content (AvgIpc) is 2.44. The lowest BCUT2D eigenvalue weighted by molar-refractivity contribution is -0.133. The van der Waals surface area contributed by atoms with Crippen molar-refractivity contribution in [3.63, 3.8) is 0 Å². The molecule has 0 fully saturated rings. The molecule has 1 amide bonds. The van der Waals surface area contributed by atoms with E-state index in [1.807, 2.05) is 30.3 Å². The van der Waals surface area contributed by atoms with Crippen LogP contribution in [0.5, 0.6) is 0 Å². The molecule has 0 aliphatic heterocycles. The summed E-state index contributed by atoms with van der Waals surface area (Å²) in [4.78, 5) is 12.0. The predicted octanol–water partition coefficient (Wildman–Crippen LogP) is 2.11. The van der Waals surface area contributed by atoms with Gasteiger partial charge in [-0.2, -0.15) is 0 Å². The van der Waals surface area contributed by atoms with Crippen LogP contribution in [0, 0.1) is 5.92 Å². The van der Waals surface area contributed by atoms with Crippen molar-refractivity contribution >= 4 is 5.91 Å². The Kier molecular flexibility index (Phi) is 7.26. The van der Waals surface area contributed by atoms with E-state index in [9.17, 15) is 9.90 Å². The van der Waals surface area contributed by atoms with Crippen LogP contribution in [0.2, 0.25) is 0 Å². The van der Waals surface area contributed by atoms with Crippen molar-refractivity contribution in [2.24, 2.45) is 5.92 Å². The zero-order valence-electron chi connectivity index (χ0n) is 12.5. The number of hydrogen-bond donors (Lipinski definition) is 2. The van der Waals surface area contributed by atoms with Gasteiger partial charge in [-0.25, -0.2) is 0 Å². The number of carbonyl (C=O) groups excluding carboxylic acids is 1. The first-order valence-electron chi connectivity index (χ1n) is 7.09. The van der Waals surface area contributed by atoms with Crippen LogP contribution in [0.15, 0.2) is 30.3 Å². The van der Waals surface area contributed by atoms with E-state index in [1.54, 1.807) is 6.92 Å². The summed E-state index contributed by atoms with van der Waals surface area (Å²) in [6.45, 7) is 6.20. The summed E-state index contributed by atoms with van der Waals surface area (Å²) in [7, 11) is 0. The summed E-state index contributed by atoms with van der Waals surface area (Å²) in [6, 6.07) is 9.53. The molecule has 0 spiro atoms. The van der Waals surface area contributed by atoms with Gasteiger partial charge >= 0.3 is 0 Å². The number of benzene rings is 1. The van der Waals surface area contributed by atoms with Crippen molar-refractivity contribution in [2.75, 3.05) is 6.61 Å². The fraction of sp³-hybridized carbons (Fsp3) is 0.562. The molecule has 1 rings (SSSR count). The maximum atomic E-state index is 12.0. The summed E-state index contributed by atoms with van der Waals surface area (Å²) < 4.78 is 5.55. The minimum absolute atomic E-state index is 0.0463. The molecule has 0 aliphatic rings. The molecule has 20 heavy (non-hydrogen) atoms. The third-order valence-corrected chi connectivity index (χ3v) is 3.03. The Hall–Kier alpha value is -1.39. The Bertz CT molecular complexity index is 392. The maximum absolute atomic E-state index is 12.0. The van der Waals surface area contributed by atoms with E-state index in [-0.39, 0.29) is 18.6 Å². The van der Waals surface area contributed by atoms with Crippen molar-refractivity contribution in [1.29, 1.82) is 0 Å². The Morgan fingerprint density at radius 2 is 1.90 bits per heavy atom. The van der Waals surface area contributed by atoms with Gasteiger partial charge < -0.3 is 15.2 Å². The molecule has 0 heterocycles. The lowest BCUT2D eigenvalue weighted by Crippen LogP contribution is -2.43. The molecule has 0 aromatic heterocycles. The number of ether oxygens (including phenoxy) is 1. The van der Waals surface area contributed by atoms with Gasteiger partial charge in [0.2, 0.25) is 5.91 Å². The molecule has 4 heteroatoms. The highest BCUT2D eigenvalue weighted by molar-refractivity contribution is 5.80. The third-order valence-electron chi connectivity index (χ3n) is 3.03. The molecule has 4 nitrogen and oxygen atoms in total. The van der Waals surface area contributed by atoms with Crippen LogP contribution in [0.25, 0.3) is 0 Å². The molecule has 0 saturated carbocycles. The van der Waals surface area contributed by atoms with Crippen LogP contribution in [0.3, 0.4) is 0 Å². The molecule has 0 radical (unpaired) electrons. The first-order valence-corrected chi connectivity index (χ1v) is 7.09. The largest absolute Gasteiger partial charge is 0.394 e. The maximum Gasteiger partial charge on any atom is 0.249 e. The van der Waals surface area contributed by atoms with Crippen LogP contribution in [0.1, 0.15) is 32.8 Å². The Morgan fingerprint density at radius 1 is 1.25 bits per heavy atom. The van der Waals surface area contributed by atoms with Crippen molar-refractivity contribution in [3.05, 3.63) is 35.9 Å². The lowest BCUT2D eigenvalue weighted by atomic mass is 10.0. The quantitative estimate of drug-likeness (QED) is 0.766. The van der Waals surface area contributed by atoms with Gasteiger partial charge in [0, 0.05) is 0 Å². The smallest absolute Gasteiger partial charge is 0.249 e. The second-order valence-corrected chi connectivity index (χ2v) is 5.46. The highest BCUT2D eigenvalue weighted by Crippen LogP contribution is 2.06. The molecule has 112 valence electrons. The molecular formula is C16H25NO3. The normalized spacial score (nSPS) is 14.1. The van der Waals surface area contributed by atoms with Gasteiger partial charge in [-0.05, 0) is 24.8 Å². The third kappa shape index (κ3) is 6.17. The van der Waals surface area contributed by atoms with Crippen LogP contribution in [0.4, 0.5) is 0 Å². The van der Waals surface area contributed by atoms with Gasteiger partial charge in [0.15, 0.2) is 0 Å². The molecule has 0 saturated heterocycles. The van der Waals surface area contributed by atoms with Gasteiger partial charge in [-0.3, -0.25) is 4.79 Å². The van der Waals surface area contributed by atoms with Crippen molar-refractivity contribution < 1.29 is 14.6 Å². The summed E-state index contributed by atoms with van der Waals surface area (Å²) in [5.41, 5.74) is 1.04. The van der Waals surface area contributed by atoms with E-state index < -0.39 is 6.10 Å². The molecule has 1 aromatic carbocycles. The molecule has 2 N–H and O–H groups in total. The van der Waals surface area contributed by atoms with Gasteiger partial charge in [0.25, 0.3) is 0 Å². The molecule has 0 aliphatic carbocycles. The van der Waals surface area contributed by atoms with Crippen LogP contribution in [-0.4, -0.2) is 29.8 Å². The highest BCUT2D eigenvalue weighted by atomic mass is 16.5. The first kappa shape index (κ1) is 16.7. The minimum Gasteiger partial charge on any atom is -0.394 e. The summed E-state index contributed by atoms with van der Waals surface area (Å²) >= 11 is 0. The molecule has 1 aromatic rings. The molecule has 2 atom stereocenters. The zero-order valence-corrected chi connectivity index (χ0v) is 12.5. The van der Waals surface area contributed by atoms with Crippen molar-refractivity contribution in [2.45, 2.75) is 45.9 Å². The van der Waals surface area contributed by atoms with E-state index >= 15 is 0 Å². The predicted molar refractivity (Wildman–Crippen MR) is 79.2 cm³/mol. The van der Waals surface area contributed by atoms with Crippen LogP contribution >= 0.6 is 0 Å². The second kappa shape index (κ2) is 8.72. The van der Waals surface area contributed by atoms with Gasteiger partial charge in [-0.15, -0.1) is 0 Å². The Labute approximate surface area is 121 Å².